The van der Waals surface area contributed by atoms with Crippen LogP contribution in [0.15, 0.2) is 29.9 Å². The van der Waals surface area contributed by atoms with Crippen LogP contribution in [-0.2, 0) is 6.54 Å². The predicted molar refractivity (Wildman–Crippen MR) is 123 cm³/mol. The second-order valence-corrected chi connectivity index (χ2v) is 9.13. The van der Waals surface area contributed by atoms with E-state index < -0.39 is 0 Å². The van der Waals surface area contributed by atoms with E-state index in [1.165, 1.54) is 19.3 Å². The fourth-order valence-corrected chi connectivity index (χ4v) is 4.97. The van der Waals surface area contributed by atoms with Gasteiger partial charge in [-0.15, -0.1) is 11.3 Å². The van der Waals surface area contributed by atoms with Gasteiger partial charge in [0, 0.05) is 49.2 Å². The topological polar surface area (TPSA) is 83.0 Å². The van der Waals surface area contributed by atoms with Crippen molar-refractivity contribution in [1.82, 2.24) is 29.8 Å². The van der Waals surface area contributed by atoms with E-state index in [1.807, 2.05) is 30.6 Å². The summed E-state index contributed by atoms with van der Waals surface area (Å²) in [6, 6.07) is 4.21. The molecule has 5 rings (SSSR count). The molecule has 3 aromatic rings. The highest BCUT2D eigenvalue weighted by atomic mass is 32.1. The molecule has 9 heteroatoms. The Kier molecular flexibility index (Phi) is 6.04. The van der Waals surface area contributed by atoms with Gasteiger partial charge < -0.3 is 10.2 Å². The van der Waals surface area contributed by atoms with Crippen molar-refractivity contribution in [3.05, 3.63) is 47.1 Å². The number of hydrogen-bond acceptors (Lipinski definition) is 9. The number of piperidine rings is 1. The third-order valence-corrected chi connectivity index (χ3v) is 6.59. The maximum Gasteiger partial charge on any atom is 0.225 e. The van der Waals surface area contributed by atoms with Crippen molar-refractivity contribution in [3.63, 3.8) is 0 Å². The molecule has 0 amide bonds. The number of thiazole rings is 1. The lowest BCUT2D eigenvalue weighted by atomic mass is 10.1. The van der Waals surface area contributed by atoms with Gasteiger partial charge in [0.1, 0.15) is 11.6 Å². The summed E-state index contributed by atoms with van der Waals surface area (Å²) in [7, 11) is 0. The molecular formula is C22H28N8S. The highest BCUT2D eigenvalue weighted by Gasteiger charge is 2.29. The van der Waals surface area contributed by atoms with Gasteiger partial charge in [-0.2, -0.15) is 0 Å². The molecule has 2 aliphatic heterocycles. The number of nitrogens with zero attached hydrogens (tertiary/aromatic N) is 7. The number of anilines is 3. The van der Waals surface area contributed by atoms with Crippen LogP contribution in [0.3, 0.4) is 0 Å². The monoisotopic (exact) mass is 436 g/mol. The van der Waals surface area contributed by atoms with Crippen molar-refractivity contribution in [2.75, 3.05) is 29.9 Å². The smallest absolute Gasteiger partial charge is 0.225 e. The van der Waals surface area contributed by atoms with Gasteiger partial charge in [-0.05, 0) is 51.6 Å². The Balaban J connectivity index is 1.33. The standard InChI is InChI=1S/C22H28N8S/c1-16-14-19(28-22-24-9-13-31-22)27-20(25-16)18-6-5-12-30(18)15-17-7-8-23-21(26-17)29-10-3-2-4-11-29/h7-9,13-14,18H,2-6,10-12,15H2,1H3,(H,24,25,27,28). The number of aromatic nitrogens is 5. The summed E-state index contributed by atoms with van der Waals surface area (Å²) < 4.78 is 0. The van der Waals surface area contributed by atoms with Gasteiger partial charge in [-0.25, -0.2) is 24.9 Å². The predicted octanol–water partition coefficient (Wildman–Crippen LogP) is 4.10. The average molecular weight is 437 g/mol. The van der Waals surface area contributed by atoms with Crippen LogP contribution in [0.5, 0.6) is 0 Å². The molecule has 2 aliphatic rings. The molecule has 0 bridgehead atoms. The Morgan fingerprint density at radius 3 is 2.77 bits per heavy atom. The fraction of sp³-hybridized carbons (Fsp3) is 0.500. The van der Waals surface area contributed by atoms with Crippen LogP contribution in [0, 0.1) is 6.92 Å². The van der Waals surface area contributed by atoms with Gasteiger partial charge in [-0.1, -0.05) is 0 Å². The molecule has 0 aromatic carbocycles. The van der Waals surface area contributed by atoms with Crippen LogP contribution >= 0.6 is 11.3 Å². The lowest BCUT2D eigenvalue weighted by Gasteiger charge is -2.27. The van der Waals surface area contributed by atoms with E-state index in [-0.39, 0.29) is 6.04 Å². The minimum atomic E-state index is 0.199. The van der Waals surface area contributed by atoms with Crippen LogP contribution in [-0.4, -0.2) is 49.5 Å². The van der Waals surface area contributed by atoms with Crippen molar-refractivity contribution in [3.8, 4) is 0 Å². The number of hydrogen-bond donors (Lipinski definition) is 1. The highest BCUT2D eigenvalue weighted by Crippen LogP contribution is 2.32. The zero-order valence-electron chi connectivity index (χ0n) is 17.9. The molecule has 8 nitrogen and oxygen atoms in total. The van der Waals surface area contributed by atoms with Crippen LogP contribution < -0.4 is 10.2 Å². The number of rotatable bonds is 6. The molecule has 162 valence electrons. The summed E-state index contributed by atoms with van der Waals surface area (Å²) in [5.41, 5.74) is 2.03. The van der Waals surface area contributed by atoms with Crippen molar-refractivity contribution >= 4 is 28.2 Å². The minimum Gasteiger partial charge on any atom is -0.341 e. The quantitative estimate of drug-likeness (QED) is 0.618. The highest BCUT2D eigenvalue weighted by molar-refractivity contribution is 7.13. The van der Waals surface area contributed by atoms with E-state index in [1.54, 1.807) is 17.5 Å². The molecule has 31 heavy (non-hydrogen) atoms. The largest absolute Gasteiger partial charge is 0.341 e. The van der Waals surface area contributed by atoms with Crippen molar-refractivity contribution in [2.24, 2.45) is 0 Å². The summed E-state index contributed by atoms with van der Waals surface area (Å²) in [5, 5.41) is 6.11. The summed E-state index contributed by atoms with van der Waals surface area (Å²) in [6.45, 7) is 5.96. The molecule has 2 saturated heterocycles. The van der Waals surface area contributed by atoms with Gasteiger partial charge >= 0.3 is 0 Å². The summed E-state index contributed by atoms with van der Waals surface area (Å²) in [5.74, 6) is 2.55. The Labute approximate surface area is 186 Å². The van der Waals surface area contributed by atoms with Gasteiger partial charge in [0.05, 0.1) is 11.7 Å². The average Bonchev–Trinajstić information content (AvgIpc) is 3.46. The number of aryl methyl sites for hydroxylation is 1. The maximum atomic E-state index is 4.89. The zero-order valence-corrected chi connectivity index (χ0v) is 18.7. The zero-order chi connectivity index (χ0) is 21.0. The van der Waals surface area contributed by atoms with Crippen molar-refractivity contribution < 1.29 is 0 Å². The first-order valence-electron chi connectivity index (χ1n) is 11.1. The Morgan fingerprint density at radius 1 is 1.03 bits per heavy atom. The molecule has 2 fully saturated rings. The van der Waals surface area contributed by atoms with Gasteiger partial charge in [-0.3, -0.25) is 4.90 Å². The van der Waals surface area contributed by atoms with E-state index in [0.29, 0.717) is 0 Å². The molecule has 0 radical (unpaired) electrons. The van der Waals surface area contributed by atoms with Gasteiger partial charge in [0.25, 0.3) is 0 Å². The first kappa shape index (κ1) is 20.3. The molecule has 0 aliphatic carbocycles. The van der Waals surface area contributed by atoms with E-state index in [9.17, 15) is 0 Å². The van der Waals surface area contributed by atoms with Gasteiger partial charge in [0.15, 0.2) is 5.13 Å². The number of likely N-dealkylation sites (tertiary alicyclic amines) is 1. The molecule has 1 N–H and O–H groups in total. The summed E-state index contributed by atoms with van der Waals surface area (Å²) in [6.07, 6.45) is 9.65. The SMILES string of the molecule is Cc1cc(Nc2nccs2)nc(C2CCCN2Cc2ccnc(N3CCCCC3)n2)n1. The maximum absolute atomic E-state index is 4.89. The van der Waals surface area contributed by atoms with Crippen molar-refractivity contribution in [1.29, 1.82) is 0 Å². The molecule has 1 atom stereocenters. The van der Waals surface area contributed by atoms with E-state index in [2.05, 4.69) is 25.1 Å². The lowest BCUT2D eigenvalue weighted by Crippen LogP contribution is -2.31. The second kappa shape index (κ2) is 9.23. The molecule has 5 heterocycles. The third-order valence-electron chi connectivity index (χ3n) is 5.91. The normalized spacial score (nSPS) is 19.6. The minimum absolute atomic E-state index is 0.199. The molecular weight excluding hydrogens is 408 g/mol. The van der Waals surface area contributed by atoms with E-state index in [4.69, 9.17) is 15.0 Å². The molecule has 0 saturated carbocycles. The van der Waals surface area contributed by atoms with E-state index in [0.717, 1.165) is 73.1 Å². The van der Waals surface area contributed by atoms with Crippen LogP contribution in [0.25, 0.3) is 0 Å². The molecule has 1 unspecified atom stereocenters. The Hall–Kier alpha value is -2.65. The van der Waals surface area contributed by atoms with Crippen molar-refractivity contribution in [2.45, 2.75) is 51.6 Å². The van der Waals surface area contributed by atoms with Crippen LogP contribution in [0.1, 0.15) is 55.4 Å². The fourth-order valence-electron chi connectivity index (χ4n) is 4.43. The summed E-state index contributed by atoms with van der Waals surface area (Å²) in [4.78, 5) is 28.1. The first-order chi connectivity index (χ1) is 15.2. The molecule has 0 spiro atoms. The second-order valence-electron chi connectivity index (χ2n) is 8.24. The Morgan fingerprint density at radius 2 is 1.94 bits per heavy atom. The number of nitrogens with one attached hydrogen (secondary N) is 1. The van der Waals surface area contributed by atoms with Gasteiger partial charge in [0.2, 0.25) is 5.95 Å². The van der Waals surface area contributed by atoms with Crippen LogP contribution in [0.4, 0.5) is 16.9 Å². The lowest BCUT2D eigenvalue weighted by molar-refractivity contribution is 0.237. The third kappa shape index (κ3) is 4.83. The Bertz CT molecular complexity index is 1000. The van der Waals surface area contributed by atoms with Crippen LogP contribution in [0.2, 0.25) is 0 Å². The first-order valence-corrected chi connectivity index (χ1v) is 12.0. The van der Waals surface area contributed by atoms with E-state index >= 15 is 0 Å². The summed E-state index contributed by atoms with van der Waals surface area (Å²) >= 11 is 1.57. The molecule has 3 aromatic heterocycles.